The summed E-state index contributed by atoms with van der Waals surface area (Å²) in [6.07, 6.45) is 0. The number of aliphatic carboxylic acids is 1. The van der Waals surface area contributed by atoms with Crippen LogP contribution in [0.3, 0.4) is 0 Å². The third-order valence-corrected chi connectivity index (χ3v) is 4.45. The number of rotatable bonds is 5. The molecule has 100 valence electrons. The minimum Gasteiger partial charge on any atom is -0.480 e. The minimum atomic E-state index is -1.00. The number of carboxylic acids is 1. The van der Waals surface area contributed by atoms with Crippen LogP contribution in [-0.4, -0.2) is 23.0 Å². The molecule has 1 heterocycles. The van der Waals surface area contributed by atoms with E-state index in [4.69, 9.17) is 5.11 Å². The lowest BCUT2D eigenvalue weighted by Crippen LogP contribution is -2.45. The molecule has 0 fully saturated rings. The minimum absolute atomic E-state index is 0.145. The molecule has 0 aliphatic heterocycles. The molecule has 4 nitrogen and oxygen atoms in total. The highest BCUT2D eigenvalue weighted by Gasteiger charge is 2.26. The van der Waals surface area contributed by atoms with Crippen molar-refractivity contribution >= 4 is 39.1 Å². The molecule has 0 aliphatic carbocycles. The maximum absolute atomic E-state index is 12.0. The van der Waals surface area contributed by atoms with Crippen molar-refractivity contribution in [2.45, 2.75) is 32.7 Å². The first-order valence-corrected chi connectivity index (χ1v) is 7.22. The molecule has 1 aromatic heterocycles. The Labute approximate surface area is 119 Å². The van der Waals surface area contributed by atoms with Gasteiger partial charge in [0.15, 0.2) is 0 Å². The Morgan fingerprint density at radius 3 is 2.33 bits per heavy atom. The molecule has 2 atom stereocenters. The third kappa shape index (κ3) is 3.81. The first-order valence-electron chi connectivity index (χ1n) is 5.61. The van der Waals surface area contributed by atoms with Gasteiger partial charge in [0, 0.05) is 4.88 Å². The molecule has 1 aromatic rings. The van der Waals surface area contributed by atoms with Crippen molar-refractivity contribution in [3.05, 3.63) is 20.8 Å². The molecule has 0 aromatic carbocycles. The lowest BCUT2D eigenvalue weighted by atomic mass is 10.0. The van der Waals surface area contributed by atoms with Crippen LogP contribution in [0.2, 0.25) is 0 Å². The number of amides is 1. The highest BCUT2D eigenvalue weighted by Crippen LogP contribution is 2.28. The molecule has 2 N–H and O–H groups in total. The monoisotopic (exact) mass is 333 g/mol. The van der Waals surface area contributed by atoms with Crippen LogP contribution >= 0.6 is 27.3 Å². The molecule has 2 unspecified atom stereocenters. The van der Waals surface area contributed by atoms with Crippen molar-refractivity contribution < 1.29 is 14.7 Å². The second-order valence-corrected chi connectivity index (χ2v) is 6.93. The van der Waals surface area contributed by atoms with Gasteiger partial charge in [0.25, 0.3) is 0 Å². The molecule has 0 saturated heterocycles. The van der Waals surface area contributed by atoms with Crippen LogP contribution in [-0.2, 0) is 9.59 Å². The number of carbonyl (C=O) groups excluding carboxylic acids is 1. The van der Waals surface area contributed by atoms with Gasteiger partial charge in [-0.15, -0.1) is 11.3 Å². The summed E-state index contributed by atoms with van der Waals surface area (Å²) < 4.78 is 0.954. The second-order valence-electron chi connectivity index (χ2n) is 4.43. The summed E-state index contributed by atoms with van der Waals surface area (Å²) in [6.45, 7) is 5.31. The third-order valence-electron chi connectivity index (χ3n) is 2.64. The van der Waals surface area contributed by atoms with Gasteiger partial charge < -0.3 is 10.4 Å². The highest BCUT2D eigenvalue weighted by molar-refractivity contribution is 9.11. The van der Waals surface area contributed by atoms with Gasteiger partial charge >= 0.3 is 5.97 Å². The van der Waals surface area contributed by atoms with E-state index in [1.807, 2.05) is 12.1 Å². The summed E-state index contributed by atoms with van der Waals surface area (Å²) in [6, 6.07) is 2.90. The van der Waals surface area contributed by atoms with E-state index in [-0.39, 0.29) is 17.7 Å². The first-order chi connectivity index (χ1) is 8.32. The van der Waals surface area contributed by atoms with E-state index in [9.17, 15) is 9.59 Å². The number of carboxylic acid groups (broad SMARTS) is 1. The molecule has 1 amide bonds. The molecule has 6 heteroatoms. The van der Waals surface area contributed by atoms with Gasteiger partial charge in [-0.1, -0.05) is 13.8 Å². The highest BCUT2D eigenvalue weighted by atomic mass is 79.9. The van der Waals surface area contributed by atoms with Gasteiger partial charge in [0.05, 0.1) is 9.70 Å². The van der Waals surface area contributed by atoms with E-state index in [0.29, 0.717) is 0 Å². The van der Waals surface area contributed by atoms with Crippen molar-refractivity contribution in [2.24, 2.45) is 5.92 Å². The van der Waals surface area contributed by atoms with Gasteiger partial charge in [-0.2, -0.15) is 0 Å². The molecule has 1 rings (SSSR count). The zero-order chi connectivity index (χ0) is 13.9. The Kier molecular flexibility index (Phi) is 5.34. The first kappa shape index (κ1) is 15.2. The quantitative estimate of drug-likeness (QED) is 0.870. The summed E-state index contributed by atoms with van der Waals surface area (Å²) in [5.74, 6) is -1.75. The number of carbonyl (C=O) groups is 2. The SMILES string of the molecule is CC(C(=O)NC(C(=O)O)C(C)C)c1ccc(Br)s1. The number of halogens is 1. The topological polar surface area (TPSA) is 66.4 Å². The molecule has 0 saturated carbocycles. The standard InChI is InChI=1S/C12H16BrNO3S/c1-6(2)10(12(16)17)14-11(15)7(3)8-4-5-9(13)18-8/h4-7,10H,1-3H3,(H,14,15)(H,16,17). The lowest BCUT2D eigenvalue weighted by molar-refractivity contribution is -0.143. The van der Waals surface area contributed by atoms with Gasteiger partial charge in [-0.3, -0.25) is 4.79 Å². The molecule has 0 aliphatic rings. The summed E-state index contributed by atoms with van der Waals surface area (Å²) >= 11 is 4.82. The van der Waals surface area contributed by atoms with Crippen LogP contribution in [0.25, 0.3) is 0 Å². The van der Waals surface area contributed by atoms with Crippen LogP contribution in [0.15, 0.2) is 15.9 Å². The van der Waals surface area contributed by atoms with E-state index >= 15 is 0 Å². The Bertz CT molecular complexity index is 444. The fraction of sp³-hybridized carbons (Fsp3) is 0.500. The predicted octanol–water partition coefficient (Wildman–Crippen LogP) is 2.84. The van der Waals surface area contributed by atoms with Crippen LogP contribution in [0.1, 0.15) is 31.6 Å². The maximum atomic E-state index is 12.0. The van der Waals surface area contributed by atoms with Crippen molar-refractivity contribution in [3.8, 4) is 0 Å². The van der Waals surface area contributed by atoms with Crippen LogP contribution in [0.5, 0.6) is 0 Å². The van der Waals surface area contributed by atoms with Crippen LogP contribution < -0.4 is 5.32 Å². The predicted molar refractivity (Wildman–Crippen MR) is 74.8 cm³/mol. The maximum Gasteiger partial charge on any atom is 0.326 e. The Morgan fingerprint density at radius 1 is 1.33 bits per heavy atom. The van der Waals surface area contributed by atoms with E-state index in [1.54, 1.807) is 20.8 Å². The molecule has 0 radical (unpaired) electrons. The zero-order valence-corrected chi connectivity index (χ0v) is 12.8. The summed E-state index contributed by atoms with van der Waals surface area (Å²) in [5.41, 5.74) is 0. The van der Waals surface area contributed by atoms with Gasteiger partial charge in [0.1, 0.15) is 6.04 Å². The Hall–Kier alpha value is -0.880. The number of thiophene rings is 1. The lowest BCUT2D eigenvalue weighted by Gasteiger charge is -2.20. The fourth-order valence-corrected chi connectivity index (χ4v) is 2.96. The molecule has 0 bridgehead atoms. The van der Waals surface area contributed by atoms with Crippen molar-refractivity contribution in [3.63, 3.8) is 0 Å². The fourth-order valence-electron chi connectivity index (χ4n) is 1.48. The second kappa shape index (κ2) is 6.33. The smallest absolute Gasteiger partial charge is 0.326 e. The van der Waals surface area contributed by atoms with Crippen LogP contribution in [0, 0.1) is 5.92 Å². The summed E-state index contributed by atoms with van der Waals surface area (Å²) in [7, 11) is 0. The normalized spacial score (nSPS) is 14.3. The van der Waals surface area contributed by atoms with E-state index in [1.165, 1.54) is 11.3 Å². The average molecular weight is 334 g/mol. The van der Waals surface area contributed by atoms with E-state index in [0.717, 1.165) is 8.66 Å². The van der Waals surface area contributed by atoms with E-state index in [2.05, 4.69) is 21.2 Å². The largest absolute Gasteiger partial charge is 0.480 e. The van der Waals surface area contributed by atoms with Gasteiger partial charge in [-0.05, 0) is 40.9 Å². The van der Waals surface area contributed by atoms with Gasteiger partial charge in [0.2, 0.25) is 5.91 Å². The Balaban J connectivity index is 2.73. The Morgan fingerprint density at radius 2 is 1.94 bits per heavy atom. The number of hydrogen-bond acceptors (Lipinski definition) is 3. The number of hydrogen-bond donors (Lipinski definition) is 2. The molecular formula is C12H16BrNO3S. The zero-order valence-electron chi connectivity index (χ0n) is 10.4. The van der Waals surface area contributed by atoms with Crippen LogP contribution in [0.4, 0.5) is 0 Å². The van der Waals surface area contributed by atoms with E-state index < -0.39 is 12.0 Å². The number of nitrogens with one attached hydrogen (secondary N) is 1. The van der Waals surface area contributed by atoms with Crippen molar-refractivity contribution in [1.82, 2.24) is 5.32 Å². The average Bonchev–Trinajstić information content (AvgIpc) is 2.70. The van der Waals surface area contributed by atoms with Crippen molar-refractivity contribution in [2.75, 3.05) is 0 Å². The summed E-state index contributed by atoms with van der Waals surface area (Å²) in [5, 5.41) is 11.6. The molecular weight excluding hydrogens is 318 g/mol. The molecule has 18 heavy (non-hydrogen) atoms. The summed E-state index contributed by atoms with van der Waals surface area (Å²) in [4.78, 5) is 23.9. The van der Waals surface area contributed by atoms with Crippen molar-refractivity contribution in [1.29, 1.82) is 0 Å². The molecule has 0 spiro atoms. The van der Waals surface area contributed by atoms with Gasteiger partial charge in [-0.25, -0.2) is 4.79 Å².